The number of carbonyl (C=O) groups is 11. The van der Waals surface area contributed by atoms with Crippen LogP contribution in [0.1, 0.15) is 91.2 Å². The third kappa shape index (κ3) is 13.3. The molecule has 15 rings (SSSR count). The van der Waals surface area contributed by atoms with Gasteiger partial charge < -0.3 is 105 Å². The first kappa shape index (κ1) is 83.8. The van der Waals surface area contributed by atoms with Crippen molar-refractivity contribution in [2.45, 2.75) is 97.2 Å². The zero-order valence-electron chi connectivity index (χ0n) is 67.0. The average molecular weight is 1690 g/mol. The maximum atomic E-state index is 15.1. The number of amides is 4. The fourth-order valence-electron chi connectivity index (χ4n) is 18.5. The molecule has 4 heterocycles. The second-order valence-electron chi connectivity index (χ2n) is 32.6. The van der Waals surface area contributed by atoms with Crippen LogP contribution in [-0.4, -0.2) is 236 Å². The van der Waals surface area contributed by atoms with E-state index in [2.05, 4.69) is 5.32 Å². The van der Waals surface area contributed by atoms with E-state index in [0.717, 1.165) is 12.1 Å². The van der Waals surface area contributed by atoms with Crippen molar-refractivity contribution < 1.29 is 121 Å². The van der Waals surface area contributed by atoms with E-state index in [1.54, 1.807) is 64.0 Å². The van der Waals surface area contributed by atoms with Gasteiger partial charge >= 0.3 is 17.9 Å². The molecule has 2 fully saturated rings. The van der Waals surface area contributed by atoms with Crippen LogP contribution in [0.15, 0.2) is 161 Å². The van der Waals surface area contributed by atoms with Crippen molar-refractivity contribution in [3.63, 3.8) is 0 Å². The third-order valence-corrected chi connectivity index (χ3v) is 25.5. The summed E-state index contributed by atoms with van der Waals surface area (Å²) in [5, 5.41) is 82.4. The molecular weight excluding hydrogens is 1610 g/mol. The molecule has 5 aromatic carbocycles. The summed E-state index contributed by atoms with van der Waals surface area (Å²) in [5.74, 6) is -23.4. The molecule has 0 saturated carbocycles. The van der Waals surface area contributed by atoms with Crippen molar-refractivity contribution >= 4 is 110 Å². The Morgan fingerprint density at radius 3 is 1.42 bits per heavy atom. The zero-order chi connectivity index (χ0) is 88.2. The maximum absolute atomic E-state index is 15.1. The molecule has 0 spiro atoms. The van der Waals surface area contributed by atoms with Crippen LogP contribution in [0.2, 0.25) is 0 Å². The van der Waals surface area contributed by atoms with E-state index in [0.29, 0.717) is 28.1 Å². The number of nitrogens with two attached hydrogens (primary N) is 3. The molecular formula is C85H83N9O27S. The van der Waals surface area contributed by atoms with E-state index in [1.807, 2.05) is 0 Å². The van der Waals surface area contributed by atoms with Crippen LogP contribution < -0.4 is 62.1 Å². The molecule has 0 bridgehead atoms. The summed E-state index contributed by atoms with van der Waals surface area (Å²) in [6, 6.07) is 14.6. The number of rotatable bonds is 21. The Morgan fingerprint density at radius 1 is 0.590 bits per heavy atom. The number of allylic oxidation sites excluding steroid dienone is 2. The van der Waals surface area contributed by atoms with Crippen molar-refractivity contribution in [1.29, 1.82) is 0 Å². The summed E-state index contributed by atoms with van der Waals surface area (Å²) in [7, 11) is 12.8. The summed E-state index contributed by atoms with van der Waals surface area (Å²) in [4.78, 5) is 192. The Kier molecular flexibility index (Phi) is 21.0. The largest absolute Gasteiger partial charge is 0.510 e. The molecule has 4 amide bonds. The number of β-lactam (4-membered cyclic amide) rings is 1. The number of fused-ring (bicyclic) bond motifs is 9. The van der Waals surface area contributed by atoms with Gasteiger partial charge in [0.15, 0.2) is 39.7 Å². The van der Waals surface area contributed by atoms with Crippen molar-refractivity contribution in [3.8, 4) is 28.7 Å². The van der Waals surface area contributed by atoms with Gasteiger partial charge in [-0.3, -0.25) is 57.7 Å². The van der Waals surface area contributed by atoms with Crippen LogP contribution in [0.4, 0.5) is 11.4 Å². The van der Waals surface area contributed by atoms with Crippen molar-refractivity contribution in [2.24, 2.45) is 40.9 Å². The predicted molar refractivity (Wildman–Crippen MR) is 431 cm³/mol. The summed E-state index contributed by atoms with van der Waals surface area (Å²) < 4.78 is 41.5. The lowest BCUT2D eigenvalue weighted by Crippen LogP contribution is -2.71. The number of phenolic OH excluding ortho intramolecular Hbond substituents is 1. The molecule has 0 radical (unpaired) electrons. The van der Waals surface area contributed by atoms with Gasteiger partial charge in [0, 0.05) is 79.4 Å². The lowest BCUT2D eigenvalue weighted by molar-refractivity contribution is -0.169. The predicted octanol–water partition coefficient (Wildman–Crippen LogP) is 3.25. The normalized spacial score (nSPS) is 24.7. The first-order chi connectivity index (χ1) is 57.5. The second-order valence-corrected chi connectivity index (χ2v) is 34.3. The molecule has 636 valence electrons. The highest BCUT2D eigenvalue weighted by Crippen LogP contribution is 2.57. The lowest BCUT2D eigenvalue weighted by Gasteiger charge is -2.50. The quantitative estimate of drug-likeness (QED) is 0.0213. The highest BCUT2D eigenvalue weighted by atomic mass is 32.2. The minimum atomic E-state index is -2.93. The number of anilines is 2. The van der Waals surface area contributed by atoms with Gasteiger partial charge in [0.05, 0.1) is 23.2 Å². The molecule has 2 saturated heterocycles. The Bertz CT molecular complexity index is 5780. The number of Topliss-reactive ketones (excluding diaryl/α,β-unsaturated/α-hetero) is 4. The highest BCUT2D eigenvalue weighted by molar-refractivity contribution is 8.01. The number of likely N-dealkylation sites (N-methyl/N-ethyl adjacent to an activating group) is 2. The number of nitrogens with one attached hydrogen (secondary N) is 1. The topological polar surface area (TPSA) is 542 Å². The molecule has 7 aromatic rings. The number of hydrogen-bond acceptors (Lipinski definition) is 33. The standard InChI is InChI=1S/C85H83N9O27S/c1-83(2)70(94-78(109)63(79(94)122-83)89-77(108)62(86)33-17-19-36(95)20-18-33)82(112)117-37(31-115-46-13-11-15-48-58(46)44(96)29-52(118-48)80(110)120-50-23-21-42(90(3)4)38-25-34-27-40-64(92(7)8)68(100)60(75(87)106)73(104)84(40,113)71(102)54(34)66(98)56(38)50)32-116-47-14-12-16-49-59(47)45(97)30-53(119-49)81(111)121-51-24-22-43(91(5)6)39-26-35-28-41-65(93(9)10)69(101)61(76(88)107)74(105)85(41,114)72(103)55(35)67(99)57(39)51/h11-24,29-30,34-35,37,40-41,62-65,70,79,95,100-103,113-114H,25-28,31-32,86H2,1-10H3,(H2,87,106)(H2,88,107)(H,89,108)/t34-,35-,40-,41-,62+,63+,64-,65-,70-,79+,84-,85-/m0/s1. The van der Waals surface area contributed by atoms with Crippen LogP contribution in [0.5, 0.6) is 28.7 Å². The summed E-state index contributed by atoms with van der Waals surface area (Å²) in [6.07, 6.45) is -2.02. The Morgan fingerprint density at radius 2 is 1.02 bits per heavy atom. The van der Waals surface area contributed by atoms with E-state index in [9.17, 15) is 88.5 Å². The first-order valence-electron chi connectivity index (χ1n) is 38.4. The fraction of sp³-hybridized carbons (Fsp3) is 0.353. The van der Waals surface area contributed by atoms with Crippen molar-refractivity contribution in [2.75, 3.05) is 79.4 Å². The van der Waals surface area contributed by atoms with Crippen LogP contribution in [0.3, 0.4) is 0 Å². The third-order valence-electron chi connectivity index (χ3n) is 24.0. The molecule has 12 atom stereocenters. The SMILES string of the molecule is CN(C)c1ccc(OC(=O)c2cc(=O)c3c(OCC(COc4cccc5oc(C(=O)Oc6ccc(N(C)C)c7c6C(=O)C6=C(O)[C@]8(O)C(=O)C(C(N)=O)=C(O)[C@@H](N(C)C)[C@@H]8C[C@@H]6C7)cc(=O)c45)OC(=O)[C@@H]4N5C(=O)[C@@H](NC(=O)[C@H](N)c6ccc(O)cc6)[C@H]5SC4(C)C)cccc3o2)c2c1C[C@H]1C[C@H]3[C@H](N(C)C)C(O)=C(C(N)=O)C(=O)[C@@]3(O)C(O)=C1C2=O. The molecule has 14 N–H and O–H groups in total. The van der Waals surface area contributed by atoms with E-state index in [4.69, 9.17) is 49.7 Å². The van der Waals surface area contributed by atoms with Crippen molar-refractivity contribution in [3.05, 3.63) is 202 Å². The number of benzene rings is 5. The number of aliphatic hydroxyl groups excluding tert-OH is 4. The number of phenols is 1. The monoisotopic (exact) mass is 1690 g/mol. The average Bonchev–Trinajstić information content (AvgIpc) is 0.729. The van der Waals surface area contributed by atoms with Gasteiger partial charge in [0.1, 0.15) is 122 Å². The zero-order valence-corrected chi connectivity index (χ0v) is 67.8. The number of nitrogens with zero attached hydrogens (tertiary/aromatic N) is 5. The van der Waals surface area contributed by atoms with Gasteiger partial charge in [0.2, 0.25) is 34.9 Å². The number of ketones is 4. The number of ether oxygens (including phenoxy) is 5. The lowest BCUT2D eigenvalue weighted by atomic mass is 9.58. The number of esters is 3. The van der Waals surface area contributed by atoms with Crippen LogP contribution in [0, 0.1) is 23.7 Å². The molecule has 36 nitrogen and oxygen atoms in total. The summed E-state index contributed by atoms with van der Waals surface area (Å²) in [5.41, 5.74) is 7.69. The van der Waals surface area contributed by atoms with Gasteiger partial charge in [-0.15, -0.1) is 11.8 Å². The number of carbonyl (C=O) groups excluding carboxylic acids is 11. The molecule has 37 heteroatoms. The number of aromatic hydroxyl groups is 1. The second kappa shape index (κ2) is 30.5. The van der Waals surface area contributed by atoms with Gasteiger partial charge in [-0.05, 0) is 157 Å². The first-order valence-corrected chi connectivity index (χ1v) is 39.3. The minimum absolute atomic E-state index is 0.0492. The van der Waals surface area contributed by atoms with Gasteiger partial charge in [-0.1, -0.05) is 24.3 Å². The van der Waals surface area contributed by atoms with Crippen LogP contribution in [-0.2, 0) is 51.1 Å². The number of aliphatic hydroxyl groups is 6. The molecule has 2 aliphatic heterocycles. The fourth-order valence-corrected chi connectivity index (χ4v) is 20.1. The number of thioether (sulfide) groups is 1. The number of primary amides is 2. The van der Waals surface area contributed by atoms with Crippen LogP contribution in [0.25, 0.3) is 21.9 Å². The molecule has 6 aliphatic carbocycles. The maximum Gasteiger partial charge on any atom is 0.379 e. The summed E-state index contributed by atoms with van der Waals surface area (Å²) >= 11 is 1.17. The van der Waals surface area contributed by atoms with E-state index in [1.165, 1.54) is 127 Å². The van der Waals surface area contributed by atoms with E-state index < -0.39 is 238 Å². The number of hydrogen-bond donors (Lipinski definition) is 11. The molecule has 0 unspecified atom stereocenters. The molecule has 2 aromatic heterocycles. The highest BCUT2D eigenvalue weighted by Gasteiger charge is 2.67. The molecule has 8 aliphatic rings. The Balaban J connectivity index is 0.711. The summed E-state index contributed by atoms with van der Waals surface area (Å²) in [6.45, 7) is 1.95. The van der Waals surface area contributed by atoms with Gasteiger partial charge in [0.25, 0.3) is 11.8 Å². The Hall–Kier alpha value is -13.2. The van der Waals surface area contributed by atoms with Crippen LogP contribution >= 0.6 is 11.8 Å². The van der Waals surface area contributed by atoms with Gasteiger partial charge in [-0.2, -0.15) is 0 Å². The van der Waals surface area contributed by atoms with E-state index >= 15 is 9.59 Å². The van der Waals surface area contributed by atoms with Gasteiger partial charge in [-0.25, -0.2) is 14.4 Å². The Labute approximate surface area is 695 Å². The smallest absolute Gasteiger partial charge is 0.379 e. The van der Waals surface area contributed by atoms with E-state index in [-0.39, 0.29) is 76.0 Å². The molecule has 122 heavy (non-hydrogen) atoms. The van der Waals surface area contributed by atoms with Crippen molar-refractivity contribution in [1.82, 2.24) is 20.0 Å². The minimum Gasteiger partial charge on any atom is -0.510 e.